The molecule has 1 heterocycles. The fourth-order valence-corrected chi connectivity index (χ4v) is 6.21. The maximum absolute atomic E-state index is 13.1. The number of nitrogens with zero attached hydrogens (tertiary/aromatic N) is 3. The number of nitrogens with one attached hydrogen (secondary N) is 4. The van der Waals surface area contributed by atoms with Crippen molar-refractivity contribution in [2.75, 3.05) is 30.9 Å². The number of Topliss-reactive ketones (excluding diaryl/α,β-unsaturated/α-hetero) is 1. The van der Waals surface area contributed by atoms with Crippen LogP contribution in [-0.4, -0.2) is 71.0 Å². The highest BCUT2D eigenvalue weighted by molar-refractivity contribution is 6.36. The Morgan fingerprint density at radius 2 is 1.62 bits per heavy atom. The van der Waals surface area contributed by atoms with Crippen LogP contribution < -0.4 is 26.0 Å². The van der Waals surface area contributed by atoms with Crippen molar-refractivity contribution < 1.29 is 41.8 Å². The molecule has 4 N–H and O–H groups in total. The lowest BCUT2D eigenvalue weighted by molar-refractivity contribution is -0.154. The summed E-state index contributed by atoms with van der Waals surface area (Å²) >= 11 is 6.03. The summed E-state index contributed by atoms with van der Waals surface area (Å²) in [5.41, 5.74) is 2.01. The predicted octanol–water partition coefficient (Wildman–Crippen LogP) is 5.85. The molecule has 288 valence electrons. The maximum Gasteiger partial charge on any atom is 0.422 e. The molecule has 0 aliphatic heterocycles. The first kappa shape index (κ1) is 38.9. The van der Waals surface area contributed by atoms with E-state index in [4.69, 9.17) is 21.1 Å². The van der Waals surface area contributed by atoms with Gasteiger partial charge in [-0.15, -0.1) is 0 Å². The molecule has 17 heteroatoms. The quantitative estimate of drug-likeness (QED) is 0.0748. The lowest BCUT2D eigenvalue weighted by atomic mass is 10.1. The van der Waals surface area contributed by atoms with E-state index in [9.17, 15) is 32.3 Å². The zero-order chi connectivity index (χ0) is 39.2. The Balaban J connectivity index is 1.04. The molecule has 4 aromatic rings. The maximum atomic E-state index is 13.1. The molecule has 6 rings (SSSR count). The normalized spacial score (nSPS) is 17.3. The molecule has 2 aliphatic rings. The summed E-state index contributed by atoms with van der Waals surface area (Å²) < 4.78 is 48.6. The first-order valence-corrected chi connectivity index (χ1v) is 17.8. The van der Waals surface area contributed by atoms with Crippen molar-refractivity contribution in [1.82, 2.24) is 25.6 Å². The van der Waals surface area contributed by atoms with Gasteiger partial charge >= 0.3 is 18.2 Å². The number of aromatic nitrogens is 3. The molecular formula is C38H37ClF3N7O6. The zero-order valence-electron chi connectivity index (χ0n) is 29.5. The molecule has 13 nitrogen and oxygen atoms in total. The molecule has 2 fully saturated rings. The Morgan fingerprint density at radius 1 is 0.927 bits per heavy atom. The number of anilines is 3. The standard InChI is InChI=1S/C38H37ClF3N7O6/c1-54-33(53)29(15-18-43-32(52)30(50)20-24-19-28(24)22-5-3-2-4-6-22)45-31(51)23-7-13-27(14-8-23)44-34-46-35(48-36(47-34)55-21-38(40,41)42)49-37(16-17-37)25-9-11-26(39)12-10-25/h2-14,24,28-29H,15-21H2,1H3,(H,43,52)(H,45,51)(H2,44,46,47,48,49)/t24-,28+,29+/m1/s1. The summed E-state index contributed by atoms with van der Waals surface area (Å²) in [7, 11) is 1.16. The van der Waals surface area contributed by atoms with E-state index >= 15 is 0 Å². The van der Waals surface area contributed by atoms with Crippen LogP contribution in [0.5, 0.6) is 6.01 Å². The Bertz CT molecular complexity index is 2020. The number of carbonyl (C=O) groups excluding carboxylic acids is 4. The van der Waals surface area contributed by atoms with Crippen molar-refractivity contribution in [3.63, 3.8) is 0 Å². The minimum atomic E-state index is -4.63. The summed E-state index contributed by atoms with van der Waals surface area (Å²) in [4.78, 5) is 62.9. The minimum Gasteiger partial charge on any atom is -0.467 e. The van der Waals surface area contributed by atoms with Crippen molar-refractivity contribution in [3.8, 4) is 6.01 Å². The van der Waals surface area contributed by atoms with Crippen LogP contribution in [0.1, 0.15) is 59.5 Å². The van der Waals surface area contributed by atoms with Gasteiger partial charge in [0.2, 0.25) is 17.7 Å². The van der Waals surface area contributed by atoms with Gasteiger partial charge in [-0.2, -0.15) is 28.1 Å². The van der Waals surface area contributed by atoms with Crippen LogP contribution >= 0.6 is 11.6 Å². The highest BCUT2D eigenvalue weighted by Crippen LogP contribution is 2.50. The molecule has 2 amide bonds. The van der Waals surface area contributed by atoms with Gasteiger partial charge in [0.1, 0.15) is 6.04 Å². The van der Waals surface area contributed by atoms with Crippen molar-refractivity contribution in [3.05, 3.63) is 101 Å². The number of alkyl halides is 3. The number of rotatable bonds is 17. The second-order valence-electron chi connectivity index (χ2n) is 13.3. The average molecular weight is 780 g/mol. The molecule has 0 saturated heterocycles. The predicted molar refractivity (Wildman–Crippen MR) is 195 cm³/mol. The highest BCUT2D eigenvalue weighted by atomic mass is 35.5. The van der Waals surface area contributed by atoms with Crippen LogP contribution in [-0.2, 0) is 24.7 Å². The Morgan fingerprint density at radius 3 is 2.27 bits per heavy atom. The van der Waals surface area contributed by atoms with Gasteiger partial charge in [0.25, 0.3) is 11.8 Å². The molecule has 1 aromatic heterocycles. The monoisotopic (exact) mass is 779 g/mol. The Labute approximate surface area is 318 Å². The Hall–Kier alpha value is -5.77. The summed E-state index contributed by atoms with van der Waals surface area (Å²) in [6, 6.07) is 21.1. The molecule has 0 bridgehead atoms. The third-order valence-corrected chi connectivity index (χ3v) is 9.49. The van der Waals surface area contributed by atoms with Crippen LogP contribution in [0.3, 0.4) is 0 Å². The third-order valence-electron chi connectivity index (χ3n) is 9.24. The van der Waals surface area contributed by atoms with Gasteiger partial charge in [-0.1, -0.05) is 54.1 Å². The van der Waals surface area contributed by atoms with Crippen LogP contribution in [0, 0.1) is 5.92 Å². The van der Waals surface area contributed by atoms with Crippen LogP contribution in [0.15, 0.2) is 78.9 Å². The first-order chi connectivity index (χ1) is 26.3. The number of amides is 2. The van der Waals surface area contributed by atoms with Crippen molar-refractivity contribution >= 4 is 52.8 Å². The molecule has 55 heavy (non-hydrogen) atoms. The number of hydrogen-bond acceptors (Lipinski definition) is 11. The summed E-state index contributed by atoms with van der Waals surface area (Å²) in [5.74, 6) is -2.47. The molecule has 3 aromatic carbocycles. The third kappa shape index (κ3) is 10.7. The lowest BCUT2D eigenvalue weighted by Crippen LogP contribution is -2.44. The fourth-order valence-electron chi connectivity index (χ4n) is 6.08. The highest BCUT2D eigenvalue weighted by Gasteiger charge is 2.45. The van der Waals surface area contributed by atoms with Crippen molar-refractivity contribution in [1.29, 1.82) is 0 Å². The van der Waals surface area contributed by atoms with Crippen LogP contribution in [0.2, 0.25) is 5.02 Å². The van der Waals surface area contributed by atoms with Gasteiger partial charge in [0.15, 0.2) is 6.61 Å². The first-order valence-electron chi connectivity index (χ1n) is 17.4. The largest absolute Gasteiger partial charge is 0.467 e. The molecular weight excluding hydrogens is 743 g/mol. The number of halogens is 4. The van der Waals surface area contributed by atoms with E-state index in [1.807, 2.05) is 42.5 Å². The zero-order valence-corrected chi connectivity index (χ0v) is 30.2. The average Bonchev–Trinajstić information content (AvgIpc) is 4.11. The number of ketones is 1. The fraction of sp³-hybridized carbons (Fsp3) is 0.342. The number of carbonyl (C=O) groups is 4. The molecule has 2 saturated carbocycles. The summed E-state index contributed by atoms with van der Waals surface area (Å²) in [5, 5.41) is 11.7. The molecule has 0 spiro atoms. The Kier molecular flexibility index (Phi) is 11.8. The molecule has 3 atom stereocenters. The van der Waals surface area contributed by atoms with Crippen molar-refractivity contribution in [2.45, 2.75) is 55.8 Å². The summed E-state index contributed by atoms with van der Waals surface area (Å²) in [6.07, 6.45) is -2.29. The van der Waals surface area contributed by atoms with Crippen molar-refractivity contribution in [2.24, 2.45) is 5.92 Å². The molecule has 0 unspecified atom stereocenters. The van der Waals surface area contributed by atoms with Gasteiger partial charge < -0.3 is 30.7 Å². The van der Waals surface area contributed by atoms with E-state index in [2.05, 4.69) is 36.2 Å². The SMILES string of the molecule is COC(=O)[C@H](CCNC(=O)C(=O)C[C@H]1C[C@H]1c1ccccc1)NC(=O)c1ccc(Nc2nc(NC3(c4ccc(Cl)cc4)CC3)nc(OCC(F)(F)F)n2)cc1. The van der Waals surface area contributed by atoms with Crippen LogP contribution in [0.4, 0.5) is 30.8 Å². The van der Waals surface area contributed by atoms with Crippen LogP contribution in [0.25, 0.3) is 0 Å². The van der Waals surface area contributed by atoms with E-state index < -0.39 is 53.9 Å². The molecule has 0 radical (unpaired) electrons. The van der Waals surface area contributed by atoms with Gasteiger partial charge in [-0.25, -0.2) is 4.79 Å². The second-order valence-corrected chi connectivity index (χ2v) is 13.8. The summed E-state index contributed by atoms with van der Waals surface area (Å²) in [6.45, 7) is -1.69. The smallest absolute Gasteiger partial charge is 0.422 e. The lowest BCUT2D eigenvalue weighted by Gasteiger charge is -2.19. The van der Waals surface area contributed by atoms with E-state index in [1.165, 1.54) is 24.3 Å². The van der Waals surface area contributed by atoms with E-state index in [1.54, 1.807) is 12.1 Å². The number of esters is 1. The number of benzene rings is 3. The molecule has 2 aliphatic carbocycles. The van der Waals surface area contributed by atoms with Gasteiger partial charge in [-0.3, -0.25) is 14.4 Å². The number of hydrogen-bond donors (Lipinski definition) is 4. The van der Waals surface area contributed by atoms with Gasteiger partial charge in [0.05, 0.1) is 12.6 Å². The number of methoxy groups -OCH3 is 1. The minimum absolute atomic E-state index is 0.0212. The second kappa shape index (κ2) is 16.7. The van der Waals surface area contributed by atoms with Gasteiger partial charge in [0, 0.05) is 29.2 Å². The van der Waals surface area contributed by atoms with Gasteiger partial charge in [-0.05, 0) is 85.0 Å². The topological polar surface area (TPSA) is 174 Å². The van der Waals surface area contributed by atoms with E-state index in [0.29, 0.717) is 23.6 Å². The van der Waals surface area contributed by atoms with E-state index in [-0.39, 0.29) is 48.7 Å². The van der Waals surface area contributed by atoms with E-state index in [0.717, 1.165) is 24.7 Å². The number of ether oxygens (including phenoxy) is 2.